The minimum Gasteiger partial charge on any atom is -0.501 e. The van der Waals surface area contributed by atoms with Crippen molar-refractivity contribution in [2.24, 2.45) is 0 Å². The third-order valence-corrected chi connectivity index (χ3v) is 4.60. The van der Waals surface area contributed by atoms with Crippen LogP contribution in [0.15, 0.2) is 12.5 Å². The van der Waals surface area contributed by atoms with E-state index in [9.17, 15) is 4.79 Å². The van der Waals surface area contributed by atoms with Gasteiger partial charge in [0.2, 0.25) is 0 Å². The molecule has 0 fully saturated rings. The van der Waals surface area contributed by atoms with Gasteiger partial charge in [-0.2, -0.15) is 5.10 Å². The maximum Gasteiger partial charge on any atom is 0.359 e. The zero-order valence-corrected chi connectivity index (χ0v) is 15.1. The maximum atomic E-state index is 11.7. The minimum absolute atomic E-state index is 0.257. The van der Waals surface area contributed by atoms with Crippen LogP contribution in [0.4, 0.5) is 0 Å². The van der Waals surface area contributed by atoms with Crippen LogP contribution in [0.25, 0.3) is 6.08 Å². The Balaban J connectivity index is 2.69. The van der Waals surface area contributed by atoms with Gasteiger partial charge in [-0.1, -0.05) is 19.6 Å². The Morgan fingerprint density at radius 3 is 2.73 bits per heavy atom. The highest BCUT2D eigenvalue weighted by Gasteiger charge is 2.16. The van der Waals surface area contributed by atoms with E-state index in [0.29, 0.717) is 25.5 Å². The zero-order chi connectivity index (χ0) is 16.6. The predicted octanol–water partition coefficient (Wildman–Crippen LogP) is 2.99. The third kappa shape index (κ3) is 6.44. The largest absolute Gasteiger partial charge is 0.501 e. The van der Waals surface area contributed by atoms with E-state index in [-0.39, 0.29) is 5.69 Å². The molecule has 0 saturated heterocycles. The smallest absolute Gasteiger partial charge is 0.359 e. The van der Waals surface area contributed by atoms with Gasteiger partial charge >= 0.3 is 5.97 Å². The average molecular weight is 326 g/mol. The van der Waals surface area contributed by atoms with Crippen LogP contribution >= 0.6 is 0 Å². The molecule has 1 aromatic rings. The second kappa shape index (κ2) is 8.75. The second-order valence-electron chi connectivity index (χ2n) is 6.07. The summed E-state index contributed by atoms with van der Waals surface area (Å²) in [6.07, 6.45) is 4.98. The van der Waals surface area contributed by atoms with Crippen molar-refractivity contribution in [2.75, 3.05) is 20.3 Å². The number of carbonyl (C=O) groups is 1. The molecular formula is C15H26N2O4Si. The van der Waals surface area contributed by atoms with E-state index in [0.717, 1.165) is 6.04 Å². The Bertz CT molecular complexity index is 506. The minimum atomic E-state index is -1.10. The predicted molar refractivity (Wildman–Crippen MR) is 88.3 cm³/mol. The molecule has 1 rings (SSSR count). The zero-order valence-electron chi connectivity index (χ0n) is 14.1. The van der Waals surface area contributed by atoms with Gasteiger partial charge in [-0.3, -0.25) is 0 Å². The SMILES string of the molecule is CCO/C=C/c1cn(COCC[Si](C)(C)C)nc1C(=O)OC. The summed E-state index contributed by atoms with van der Waals surface area (Å²) in [6, 6.07) is 1.09. The lowest BCUT2D eigenvalue weighted by molar-refractivity contribution is 0.0582. The molecule has 0 aliphatic heterocycles. The molecular weight excluding hydrogens is 300 g/mol. The van der Waals surface area contributed by atoms with Gasteiger partial charge in [0.25, 0.3) is 0 Å². The molecule has 22 heavy (non-hydrogen) atoms. The van der Waals surface area contributed by atoms with E-state index in [4.69, 9.17) is 14.2 Å². The molecule has 6 nitrogen and oxygen atoms in total. The van der Waals surface area contributed by atoms with Crippen molar-refractivity contribution in [3.63, 3.8) is 0 Å². The number of nitrogens with zero attached hydrogens (tertiary/aromatic N) is 2. The summed E-state index contributed by atoms with van der Waals surface area (Å²) >= 11 is 0. The summed E-state index contributed by atoms with van der Waals surface area (Å²) in [6.45, 7) is 10.4. The van der Waals surface area contributed by atoms with Gasteiger partial charge in [0.1, 0.15) is 6.73 Å². The second-order valence-corrected chi connectivity index (χ2v) is 11.7. The first-order valence-corrected chi connectivity index (χ1v) is 11.1. The molecule has 0 aromatic carbocycles. The lowest BCUT2D eigenvalue weighted by atomic mass is 10.2. The van der Waals surface area contributed by atoms with Crippen LogP contribution in [0.2, 0.25) is 25.7 Å². The Morgan fingerprint density at radius 2 is 2.14 bits per heavy atom. The Morgan fingerprint density at radius 1 is 1.41 bits per heavy atom. The molecule has 1 aromatic heterocycles. The first kappa shape index (κ1) is 18.4. The van der Waals surface area contributed by atoms with Gasteiger partial charge in [0.05, 0.1) is 20.0 Å². The molecule has 1 heterocycles. The van der Waals surface area contributed by atoms with Gasteiger partial charge in [0, 0.05) is 26.4 Å². The highest BCUT2D eigenvalue weighted by molar-refractivity contribution is 6.76. The van der Waals surface area contributed by atoms with Gasteiger partial charge in [-0.05, 0) is 19.0 Å². The first-order valence-electron chi connectivity index (χ1n) is 7.39. The van der Waals surface area contributed by atoms with E-state index < -0.39 is 14.0 Å². The maximum absolute atomic E-state index is 11.7. The number of esters is 1. The summed E-state index contributed by atoms with van der Waals surface area (Å²) < 4.78 is 17.1. The fourth-order valence-electron chi connectivity index (χ4n) is 1.63. The molecule has 0 spiro atoms. The number of hydrogen-bond donors (Lipinski definition) is 0. The summed E-state index contributed by atoms with van der Waals surface area (Å²) in [5.41, 5.74) is 0.904. The first-order chi connectivity index (χ1) is 10.4. The van der Waals surface area contributed by atoms with Crippen LogP contribution in [0.1, 0.15) is 23.0 Å². The molecule has 0 bridgehead atoms. The van der Waals surface area contributed by atoms with E-state index in [1.165, 1.54) is 7.11 Å². The van der Waals surface area contributed by atoms with E-state index in [1.54, 1.807) is 23.2 Å². The van der Waals surface area contributed by atoms with Crippen LogP contribution in [0, 0.1) is 0 Å². The van der Waals surface area contributed by atoms with Crippen molar-refractivity contribution in [2.45, 2.75) is 39.3 Å². The van der Waals surface area contributed by atoms with E-state index >= 15 is 0 Å². The van der Waals surface area contributed by atoms with Crippen molar-refractivity contribution < 1.29 is 19.0 Å². The van der Waals surface area contributed by atoms with E-state index in [1.807, 2.05) is 6.92 Å². The molecule has 0 aliphatic carbocycles. The van der Waals surface area contributed by atoms with Gasteiger partial charge in [-0.15, -0.1) is 0 Å². The Hall–Kier alpha value is -1.60. The molecule has 0 radical (unpaired) electrons. The lowest BCUT2D eigenvalue weighted by Gasteiger charge is -2.15. The quantitative estimate of drug-likeness (QED) is 0.302. The molecule has 7 heteroatoms. The molecule has 0 atom stereocenters. The van der Waals surface area contributed by atoms with Gasteiger partial charge in [-0.25, -0.2) is 9.48 Å². The van der Waals surface area contributed by atoms with Crippen molar-refractivity contribution >= 4 is 20.1 Å². The number of rotatable bonds is 9. The Labute approximate surface area is 133 Å². The van der Waals surface area contributed by atoms with Crippen LogP contribution < -0.4 is 0 Å². The highest BCUT2D eigenvalue weighted by atomic mass is 28.3. The van der Waals surface area contributed by atoms with Crippen LogP contribution in [-0.4, -0.2) is 44.1 Å². The van der Waals surface area contributed by atoms with Crippen molar-refractivity contribution in [3.05, 3.63) is 23.7 Å². The van der Waals surface area contributed by atoms with Gasteiger partial charge < -0.3 is 14.2 Å². The fraction of sp³-hybridized carbons (Fsp3) is 0.600. The summed E-state index contributed by atoms with van der Waals surface area (Å²) in [7, 11) is 0.232. The number of ether oxygens (including phenoxy) is 3. The van der Waals surface area contributed by atoms with Crippen molar-refractivity contribution in [1.82, 2.24) is 9.78 Å². The molecule has 124 valence electrons. The van der Waals surface area contributed by atoms with Crippen LogP contribution in [0.3, 0.4) is 0 Å². The number of methoxy groups -OCH3 is 1. The van der Waals surface area contributed by atoms with Crippen molar-refractivity contribution in [3.8, 4) is 0 Å². The Kier molecular flexibility index (Phi) is 7.33. The third-order valence-electron chi connectivity index (χ3n) is 2.90. The molecule has 0 unspecified atom stereocenters. The van der Waals surface area contributed by atoms with Gasteiger partial charge in [0.15, 0.2) is 5.69 Å². The highest BCUT2D eigenvalue weighted by Crippen LogP contribution is 2.12. The monoisotopic (exact) mass is 326 g/mol. The average Bonchev–Trinajstić information content (AvgIpc) is 2.85. The molecule has 0 amide bonds. The molecule has 0 N–H and O–H groups in total. The topological polar surface area (TPSA) is 62.6 Å². The summed E-state index contributed by atoms with van der Waals surface area (Å²) in [4.78, 5) is 11.7. The number of carbonyl (C=O) groups excluding carboxylic acids is 1. The van der Waals surface area contributed by atoms with E-state index in [2.05, 4.69) is 24.7 Å². The molecule has 0 saturated carbocycles. The summed E-state index contributed by atoms with van der Waals surface area (Å²) in [5.74, 6) is -0.475. The standard InChI is InChI=1S/C15H26N2O4Si/c1-6-20-8-7-13-11-17(16-14(13)15(18)19-2)12-21-9-10-22(3,4)5/h7-8,11H,6,9-10,12H2,1-5H3/b8-7+. The van der Waals surface area contributed by atoms with Crippen LogP contribution in [-0.2, 0) is 20.9 Å². The van der Waals surface area contributed by atoms with Crippen LogP contribution in [0.5, 0.6) is 0 Å². The molecule has 0 aliphatic rings. The normalized spacial score (nSPS) is 11.9. The number of aromatic nitrogens is 2. The number of hydrogen-bond acceptors (Lipinski definition) is 5. The summed E-state index contributed by atoms with van der Waals surface area (Å²) in [5, 5.41) is 4.22. The lowest BCUT2D eigenvalue weighted by Crippen LogP contribution is -2.22. The fourth-order valence-corrected chi connectivity index (χ4v) is 2.39. The van der Waals surface area contributed by atoms with Crippen molar-refractivity contribution in [1.29, 1.82) is 0 Å².